The number of hydrogen-bond donors (Lipinski definition) is 1. The summed E-state index contributed by atoms with van der Waals surface area (Å²) in [5.74, 6) is 3.02. The number of nitrogens with one attached hydrogen (secondary N) is 1. The van der Waals surface area contributed by atoms with E-state index in [9.17, 15) is 4.79 Å². The molecule has 0 radical (unpaired) electrons. The summed E-state index contributed by atoms with van der Waals surface area (Å²) >= 11 is 0. The van der Waals surface area contributed by atoms with Crippen molar-refractivity contribution < 1.29 is 4.79 Å². The molecule has 0 spiro atoms. The van der Waals surface area contributed by atoms with Crippen LogP contribution in [0.2, 0.25) is 0 Å². The lowest BCUT2D eigenvalue weighted by Gasteiger charge is -2.37. The van der Waals surface area contributed by atoms with E-state index in [0.29, 0.717) is 23.8 Å². The number of nitrogens with zero attached hydrogens (tertiary/aromatic N) is 1. The molecule has 3 fully saturated rings. The van der Waals surface area contributed by atoms with E-state index in [1.807, 2.05) is 0 Å². The molecule has 3 nitrogen and oxygen atoms in total. The maximum atomic E-state index is 12.5. The number of fused-ring (bicyclic) bond motifs is 1. The van der Waals surface area contributed by atoms with Gasteiger partial charge in [0, 0.05) is 25.0 Å². The van der Waals surface area contributed by atoms with E-state index in [1.54, 1.807) is 0 Å². The van der Waals surface area contributed by atoms with Crippen molar-refractivity contribution in [1.82, 2.24) is 10.2 Å². The van der Waals surface area contributed by atoms with Gasteiger partial charge < -0.3 is 10.2 Å². The predicted molar refractivity (Wildman–Crippen MR) is 76.8 cm³/mol. The van der Waals surface area contributed by atoms with Crippen molar-refractivity contribution in [1.29, 1.82) is 0 Å². The highest BCUT2D eigenvalue weighted by molar-refractivity contribution is 5.82. The first-order valence-corrected chi connectivity index (χ1v) is 8.24. The predicted octanol–water partition coefficient (Wildman–Crippen LogP) is 2.27. The number of piperidine rings is 1. The Balaban J connectivity index is 1.50. The molecule has 1 amide bonds. The van der Waals surface area contributed by atoms with Crippen molar-refractivity contribution in [2.24, 2.45) is 23.7 Å². The molecule has 0 aromatic heterocycles. The van der Waals surface area contributed by atoms with Crippen molar-refractivity contribution in [2.75, 3.05) is 19.6 Å². The third kappa shape index (κ3) is 2.54. The molecule has 2 aliphatic carbocycles. The molecule has 108 valence electrons. The van der Waals surface area contributed by atoms with Crippen LogP contribution in [0.25, 0.3) is 0 Å². The van der Waals surface area contributed by atoms with Gasteiger partial charge in [0.1, 0.15) is 0 Å². The minimum absolute atomic E-state index is 0.418. The summed E-state index contributed by atoms with van der Waals surface area (Å²) in [4.78, 5) is 14.7. The smallest absolute Gasteiger partial charge is 0.226 e. The molecule has 0 bridgehead atoms. The summed E-state index contributed by atoms with van der Waals surface area (Å²) in [6, 6.07) is 0.614. The van der Waals surface area contributed by atoms with Crippen LogP contribution in [0.1, 0.15) is 46.0 Å². The van der Waals surface area contributed by atoms with E-state index in [1.165, 1.54) is 25.7 Å². The Morgan fingerprint density at radius 1 is 1.26 bits per heavy atom. The third-order valence-corrected chi connectivity index (χ3v) is 5.57. The van der Waals surface area contributed by atoms with Crippen LogP contribution in [0.3, 0.4) is 0 Å². The lowest BCUT2D eigenvalue weighted by atomic mass is 9.93. The molecule has 3 aliphatic rings. The topological polar surface area (TPSA) is 32.3 Å². The van der Waals surface area contributed by atoms with Crippen LogP contribution < -0.4 is 5.32 Å². The Hall–Kier alpha value is -0.570. The first kappa shape index (κ1) is 13.4. The summed E-state index contributed by atoms with van der Waals surface area (Å²) in [5, 5.41) is 3.63. The van der Waals surface area contributed by atoms with E-state index in [-0.39, 0.29) is 0 Å². The van der Waals surface area contributed by atoms with Crippen molar-refractivity contribution in [3.63, 3.8) is 0 Å². The molecule has 3 rings (SSSR count). The highest BCUT2D eigenvalue weighted by Crippen LogP contribution is 2.58. The minimum atomic E-state index is 0.418. The first-order valence-electron chi connectivity index (χ1n) is 8.24. The van der Waals surface area contributed by atoms with Crippen molar-refractivity contribution in [3.8, 4) is 0 Å². The zero-order chi connectivity index (χ0) is 13.4. The average molecular weight is 264 g/mol. The standard InChI is InChI=1S/C16H28N2O/c1-3-8-17-14-7-9-18(10-11(14)2)16(19)15-12-5-4-6-13(12)15/h11-15,17H,3-10H2,1-2H3. The minimum Gasteiger partial charge on any atom is -0.342 e. The number of rotatable bonds is 4. The van der Waals surface area contributed by atoms with Gasteiger partial charge in [-0.05, 0) is 50.0 Å². The maximum absolute atomic E-state index is 12.5. The van der Waals surface area contributed by atoms with Gasteiger partial charge >= 0.3 is 0 Å². The van der Waals surface area contributed by atoms with Crippen LogP contribution in [-0.2, 0) is 4.79 Å². The Kier molecular flexibility index (Phi) is 3.84. The fourth-order valence-electron chi connectivity index (χ4n) is 4.38. The highest BCUT2D eigenvalue weighted by atomic mass is 16.2. The van der Waals surface area contributed by atoms with Gasteiger partial charge in [0.2, 0.25) is 5.91 Å². The monoisotopic (exact) mass is 264 g/mol. The van der Waals surface area contributed by atoms with E-state index < -0.39 is 0 Å². The Morgan fingerprint density at radius 2 is 2.00 bits per heavy atom. The molecule has 2 saturated carbocycles. The zero-order valence-electron chi connectivity index (χ0n) is 12.4. The maximum Gasteiger partial charge on any atom is 0.226 e. The average Bonchev–Trinajstić information content (AvgIpc) is 2.89. The van der Waals surface area contributed by atoms with E-state index >= 15 is 0 Å². The third-order valence-electron chi connectivity index (χ3n) is 5.57. The van der Waals surface area contributed by atoms with E-state index in [4.69, 9.17) is 0 Å². The molecule has 4 unspecified atom stereocenters. The van der Waals surface area contributed by atoms with Crippen LogP contribution in [-0.4, -0.2) is 36.5 Å². The van der Waals surface area contributed by atoms with Gasteiger partial charge in [-0.2, -0.15) is 0 Å². The quantitative estimate of drug-likeness (QED) is 0.845. The van der Waals surface area contributed by atoms with Crippen LogP contribution in [0.5, 0.6) is 0 Å². The van der Waals surface area contributed by atoms with Crippen LogP contribution in [0.4, 0.5) is 0 Å². The molecular weight excluding hydrogens is 236 g/mol. The molecule has 1 saturated heterocycles. The Morgan fingerprint density at radius 3 is 2.63 bits per heavy atom. The second-order valence-electron chi connectivity index (χ2n) is 6.90. The van der Waals surface area contributed by atoms with E-state index in [2.05, 4.69) is 24.1 Å². The molecule has 0 aromatic carbocycles. The van der Waals surface area contributed by atoms with Crippen molar-refractivity contribution >= 4 is 5.91 Å². The van der Waals surface area contributed by atoms with Gasteiger partial charge in [0.05, 0.1) is 0 Å². The van der Waals surface area contributed by atoms with Gasteiger partial charge in [-0.25, -0.2) is 0 Å². The Labute approximate surface area is 117 Å². The van der Waals surface area contributed by atoms with Crippen molar-refractivity contribution in [2.45, 2.75) is 52.0 Å². The number of hydrogen-bond acceptors (Lipinski definition) is 2. The number of amides is 1. The summed E-state index contributed by atoms with van der Waals surface area (Å²) in [6.45, 7) is 7.55. The molecule has 1 heterocycles. The summed E-state index contributed by atoms with van der Waals surface area (Å²) in [7, 11) is 0. The molecule has 1 aliphatic heterocycles. The second-order valence-corrected chi connectivity index (χ2v) is 6.90. The second kappa shape index (κ2) is 5.43. The van der Waals surface area contributed by atoms with Gasteiger partial charge in [0.15, 0.2) is 0 Å². The molecule has 19 heavy (non-hydrogen) atoms. The normalized spacial score (nSPS) is 41.2. The summed E-state index contributed by atoms with van der Waals surface area (Å²) in [6.07, 6.45) is 6.31. The summed E-state index contributed by atoms with van der Waals surface area (Å²) in [5.41, 5.74) is 0. The van der Waals surface area contributed by atoms with Crippen LogP contribution >= 0.6 is 0 Å². The molecule has 0 aromatic rings. The van der Waals surface area contributed by atoms with Gasteiger partial charge in [-0.15, -0.1) is 0 Å². The van der Waals surface area contributed by atoms with Gasteiger partial charge in [-0.1, -0.05) is 20.3 Å². The fourth-order valence-corrected chi connectivity index (χ4v) is 4.38. The molecule has 3 heteroatoms. The highest BCUT2D eigenvalue weighted by Gasteiger charge is 2.57. The lowest BCUT2D eigenvalue weighted by molar-refractivity contribution is -0.135. The Bertz CT molecular complexity index is 334. The lowest BCUT2D eigenvalue weighted by Crippen LogP contribution is -2.50. The molecular formula is C16H28N2O. The number of likely N-dealkylation sites (tertiary alicyclic amines) is 1. The van der Waals surface area contributed by atoms with Gasteiger partial charge in [0.25, 0.3) is 0 Å². The fraction of sp³-hybridized carbons (Fsp3) is 0.938. The van der Waals surface area contributed by atoms with Crippen molar-refractivity contribution in [3.05, 3.63) is 0 Å². The number of carbonyl (C=O) groups excluding carboxylic acids is 1. The zero-order valence-corrected chi connectivity index (χ0v) is 12.4. The first-order chi connectivity index (χ1) is 9.22. The largest absolute Gasteiger partial charge is 0.342 e. The van der Waals surface area contributed by atoms with Crippen LogP contribution in [0.15, 0.2) is 0 Å². The SMILES string of the molecule is CCCNC1CCN(C(=O)C2C3CCCC32)CC1C. The van der Waals surface area contributed by atoms with Crippen LogP contribution in [0, 0.1) is 23.7 Å². The van der Waals surface area contributed by atoms with E-state index in [0.717, 1.165) is 37.9 Å². The summed E-state index contributed by atoms with van der Waals surface area (Å²) < 4.78 is 0. The molecule has 4 atom stereocenters. The number of carbonyl (C=O) groups is 1. The molecule has 1 N–H and O–H groups in total. The van der Waals surface area contributed by atoms with Gasteiger partial charge in [-0.3, -0.25) is 4.79 Å².